The fourth-order valence-electron chi connectivity index (χ4n) is 3.16. The zero-order chi connectivity index (χ0) is 17.2. The van der Waals surface area contributed by atoms with Crippen molar-refractivity contribution < 1.29 is 14.3 Å². The molecule has 130 valence electrons. The molecule has 8 nitrogen and oxygen atoms in total. The average Bonchev–Trinajstić information content (AvgIpc) is 3.10. The van der Waals surface area contributed by atoms with Gasteiger partial charge in [0.2, 0.25) is 6.79 Å². The molecule has 0 bridgehead atoms. The van der Waals surface area contributed by atoms with Crippen LogP contribution in [0.25, 0.3) is 0 Å². The Hall–Kier alpha value is -3.03. The van der Waals surface area contributed by atoms with Gasteiger partial charge in [0.1, 0.15) is 0 Å². The Labute approximate surface area is 143 Å². The van der Waals surface area contributed by atoms with E-state index in [9.17, 15) is 9.59 Å². The molecule has 2 aromatic rings. The molecule has 0 unspecified atom stereocenters. The first-order chi connectivity index (χ1) is 12.2. The van der Waals surface area contributed by atoms with Gasteiger partial charge in [-0.05, 0) is 31.0 Å². The number of aromatic nitrogens is 2. The summed E-state index contributed by atoms with van der Waals surface area (Å²) < 4.78 is 10.6. The molecule has 1 aromatic heterocycles. The van der Waals surface area contributed by atoms with Crippen LogP contribution in [0, 0.1) is 0 Å². The van der Waals surface area contributed by atoms with Crippen LogP contribution in [0.2, 0.25) is 0 Å². The van der Waals surface area contributed by atoms with Crippen LogP contribution in [-0.2, 0) is 0 Å². The van der Waals surface area contributed by atoms with Gasteiger partial charge in [0, 0.05) is 37.1 Å². The minimum Gasteiger partial charge on any atom is -0.454 e. The molecule has 1 atom stereocenters. The van der Waals surface area contributed by atoms with Crippen LogP contribution in [0.4, 0.5) is 5.82 Å². The lowest BCUT2D eigenvalue weighted by Gasteiger charge is -2.33. The Kier molecular flexibility index (Phi) is 4.01. The van der Waals surface area contributed by atoms with Crippen molar-refractivity contribution in [2.75, 3.05) is 24.8 Å². The van der Waals surface area contributed by atoms with Crippen LogP contribution in [0.5, 0.6) is 11.5 Å². The number of aromatic amines is 1. The third-order valence-corrected chi connectivity index (χ3v) is 4.38. The van der Waals surface area contributed by atoms with Crippen molar-refractivity contribution in [2.24, 2.45) is 0 Å². The van der Waals surface area contributed by atoms with Gasteiger partial charge < -0.3 is 24.7 Å². The van der Waals surface area contributed by atoms with Crippen molar-refractivity contribution in [3.8, 4) is 11.5 Å². The molecule has 0 saturated carbocycles. The highest BCUT2D eigenvalue weighted by atomic mass is 16.7. The zero-order valence-electron chi connectivity index (χ0n) is 13.5. The van der Waals surface area contributed by atoms with E-state index in [1.807, 2.05) is 4.90 Å². The number of amides is 1. The standard InChI is InChI=1S/C17H18N4O4/c22-16(11-3-4-13-14(8-11)25-10-24-13)20-12-2-1-7-21(9-12)15-17(23)19-6-5-18-15/h3-6,8,12H,1-2,7,9-10H2,(H,19,23)(H,20,22)/t12-/m0/s1. The third kappa shape index (κ3) is 3.15. The van der Waals surface area contributed by atoms with Crippen molar-refractivity contribution in [3.63, 3.8) is 0 Å². The van der Waals surface area contributed by atoms with Crippen molar-refractivity contribution in [1.29, 1.82) is 0 Å². The van der Waals surface area contributed by atoms with E-state index < -0.39 is 0 Å². The van der Waals surface area contributed by atoms with Gasteiger partial charge in [-0.2, -0.15) is 0 Å². The number of rotatable bonds is 3. The summed E-state index contributed by atoms with van der Waals surface area (Å²) in [4.78, 5) is 33.1. The molecule has 2 N–H and O–H groups in total. The van der Waals surface area contributed by atoms with Gasteiger partial charge in [-0.15, -0.1) is 0 Å². The molecule has 1 saturated heterocycles. The second-order valence-electron chi connectivity index (χ2n) is 6.07. The number of ether oxygens (including phenoxy) is 2. The Morgan fingerprint density at radius 3 is 3.08 bits per heavy atom. The molecular weight excluding hydrogens is 324 g/mol. The summed E-state index contributed by atoms with van der Waals surface area (Å²) in [6.45, 7) is 1.48. The fourth-order valence-corrected chi connectivity index (χ4v) is 3.16. The SMILES string of the molecule is O=C(N[C@H]1CCCN(c2ncc[nH]c2=O)C1)c1ccc2c(c1)OCO2. The summed E-state index contributed by atoms with van der Waals surface area (Å²) in [5.74, 6) is 1.46. The topological polar surface area (TPSA) is 96.6 Å². The van der Waals surface area contributed by atoms with Crippen molar-refractivity contribution in [2.45, 2.75) is 18.9 Å². The highest BCUT2D eigenvalue weighted by Gasteiger charge is 2.25. The number of H-pyrrole nitrogens is 1. The first-order valence-corrected chi connectivity index (χ1v) is 8.20. The number of carbonyl (C=O) groups is 1. The van der Waals surface area contributed by atoms with E-state index in [2.05, 4.69) is 15.3 Å². The van der Waals surface area contributed by atoms with Gasteiger partial charge in [-0.3, -0.25) is 9.59 Å². The maximum atomic E-state index is 12.5. The van der Waals surface area contributed by atoms with E-state index in [1.54, 1.807) is 24.4 Å². The summed E-state index contributed by atoms with van der Waals surface area (Å²) in [5, 5.41) is 3.03. The molecule has 8 heteroatoms. The van der Waals surface area contributed by atoms with Crippen LogP contribution in [0.3, 0.4) is 0 Å². The summed E-state index contributed by atoms with van der Waals surface area (Å²) in [5.41, 5.74) is 0.308. The number of carbonyl (C=O) groups excluding carboxylic acids is 1. The van der Waals surface area contributed by atoms with Crippen LogP contribution in [-0.4, -0.2) is 41.8 Å². The number of piperidine rings is 1. The lowest BCUT2D eigenvalue weighted by atomic mass is 10.0. The predicted molar refractivity (Wildman–Crippen MR) is 90.1 cm³/mol. The van der Waals surface area contributed by atoms with Crippen molar-refractivity contribution >= 4 is 11.7 Å². The second-order valence-corrected chi connectivity index (χ2v) is 6.07. The molecule has 25 heavy (non-hydrogen) atoms. The van der Waals surface area contributed by atoms with Gasteiger partial charge in [-0.1, -0.05) is 0 Å². The Bertz CT molecular complexity index is 851. The van der Waals surface area contributed by atoms with E-state index in [4.69, 9.17) is 9.47 Å². The third-order valence-electron chi connectivity index (χ3n) is 4.38. The second kappa shape index (κ2) is 6.46. The molecule has 0 aliphatic carbocycles. The molecule has 3 heterocycles. The smallest absolute Gasteiger partial charge is 0.290 e. The molecule has 0 spiro atoms. The first-order valence-electron chi connectivity index (χ1n) is 8.20. The highest BCUT2D eigenvalue weighted by molar-refractivity contribution is 5.95. The van der Waals surface area contributed by atoms with E-state index in [1.165, 1.54) is 6.20 Å². The lowest BCUT2D eigenvalue weighted by molar-refractivity contribution is 0.0932. The molecule has 1 aromatic carbocycles. The van der Waals surface area contributed by atoms with Gasteiger partial charge in [0.25, 0.3) is 11.5 Å². The number of hydrogen-bond donors (Lipinski definition) is 2. The molecule has 1 fully saturated rings. The maximum Gasteiger partial charge on any atom is 0.290 e. The largest absolute Gasteiger partial charge is 0.454 e. The summed E-state index contributed by atoms with van der Waals surface area (Å²) in [7, 11) is 0. The monoisotopic (exact) mass is 342 g/mol. The van der Waals surface area contributed by atoms with Gasteiger partial charge in [-0.25, -0.2) is 4.98 Å². The minimum absolute atomic E-state index is 0.0481. The number of fused-ring (bicyclic) bond motifs is 1. The number of nitrogens with zero attached hydrogens (tertiary/aromatic N) is 2. The average molecular weight is 342 g/mol. The lowest BCUT2D eigenvalue weighted by Crippen LogP contribution is -2.49. The van der Waals surface area contributed by atoms with Crippen molar-refractivity contribution in [3.05, 3.63) is 46.5 Å². The summed E-state index contributed by atoms with van der Waals surface area (Å²) in [6.07, 6.45) is 4.81. The Morgan fingerprint density at radius 2 is 2.20 bits per heavy atom. The maximum absolute atomic E-state index is 12.5. The zero-order valence-corrected chi connectivity index (χ0v) is 13.5. The van der Waals surface area contributed by atoms with E-state index >= 15 is 0 Å². The molecule has 4 rings (SSSR count). The molecule has 0 radical (unpaired) electrons. The van der Waals surface area contributed by atoms with Crippen LogP contribution < -0.4 is 25.2 Å². The fraction of sp³-hybridized carbons (Fsp3) is 0.353. The molecular formula is C17H18N4O4. The van der Waals surface area contributed by atoms with Crippen molar-refractivity contribution in [1.82, 2.24) is 15.3 Å². The number of benzene rings is 1. The molecule has 1 amide bonds. The number of nitrogens with one attached hydrogen (secondary N) is 2. The predicted octanol–water partition coefficient (Wildman–Crippen LogP) is 0.897. The summed E-state index contributed by atoms with van der Waals surface area (Å²) >= 11 is 0. The normalized spacial score (nSPS) is 18.9. The van der Waals surface area contributed by atoms with E-state index in [0.29, 0.717) is 29.4 Å². The summed E-state index contributed by atoms with van der Waals surface area (Å²) in [6, 6.07) is 5.08. The Morgan fingerprint density at radius 1 is 1.32 bits per heavy atom. The highest BCUT2D eigenvalue weighted by Crippen LogP contribution is 2.32. The van der Waals surface area contributed by atoms with Gasteiger partial charge in [0.15, 0.2) is 17.3 Å². The number of anilines is 1. The molecule has 2 aliphatic heterocycles. The van der Waals surface area contributed by atoms with E-state index in [0.717, 1.165) is 19.4 Å². The van der Waals surface area contributed by atoms with Gasteiger partial charge >= 0.3 is 0 Å². The van der Waals surface area contributed by atoms with Crippen LogP contribution in [0.15, 0.2) is 35.4 Å². The number of hydrogen-bond acceptors (Lipinski definition) is 6. The van der Waals surface area contributed by atoms with Gasteiger partial charge in [0.05, 0.1) is 0 Å². The van der Waals surface area contributed by atoms with E-state index in [-0.39, 0.29) is 24.3 Å². The Balaban J connectivity index is 1.44. The quantitative estimate of drug-likeness (QED) is 0.860. The first kappa shape index (κ1) is 15.5. The molecule has 2 aliphatic rings. The minimum atomic E-state index is -0.217. The van der Waals surface area contributed by atoms with Crippen LogP contribution >= 0.6 is 0 Å². The van der Waals surface area contributed by atoms with Crippen LogP contribution in [0.1, 0.15) is 23.2 Å².